The third-order valence-electron chi connectivity index (χ3n) is 0.603. The molecule has 0 unspecified atom stereocenters. The first kappa shape index (κ1) is 6.99. The molecular weight excluding hydrogens is 102 g/mol. The number of hydrogen-bond donors (Lipinski definition) is 2. The van der Waals surface area contributed by atoms with Gasteiger partial charge < -0.3 is 5.43 Å². The number of hydrazine groups is 1. The van der Waals surface area contributed by atoms with E-state index in [1.807, 2.05) is 6.07 Å². The summed E-state index contributed by atoms with van der Waals surface area (Å²) in [6.45, 7) is 1.81. The summed E-state index contributed by atoms with van der Waals surface area (Å²) in [5.74, 6) is 0. The molecule has 0 amide bonds. The average molecular weight is 111 g/mol. The zero-order valence-corrected chi connectivity index (χ0v) is 5.02. The van der Waals surface area contributed by atoms with E-state index in [4.69, 9.17) is 5.26 Å². The quantitative estimate of drug-likeness (QED) is 0.393. The lowest BCUT2D eigenvalue weighted by atomic mass is 10.5. The second-order valence-corrected chi connectivity index (χ2v) is 1.33. The number of hydrogen-bond acceptors (Lipinski definition) is 3. The van der Waals surface area contributed by atoms with Crippen molar-refractivity contribution in [2.45, 2.75) is 6.92 Å². The maximum Gasteiger partial charge on any atom is 0.0930 e. The van der Waals surface area contributed by atoms with Gasteiger partial charge in [0.25, 0.3) is 0 Å². The molecule has 44 valence electrons. The van der Waals surface area contributed by atoms with Crippen LogP contribution in [0.4, 0.5) is 0 Å². The summed E-state index contributed by atoms with van der Waals surface area (Å²) >= 11 is 0. The summed E-state index contributed by atoms with van der Waals surface area (Å²) < 4.78 is 0. The molecular formula is C5H9N3. The molecule has 8 heavy (non-hydrogen) atoms. The van der Waals surface area contributed by atoms with E-state index in [9.17, 15) is 0 Å². The molecule has 3 nitrogen and oxygen atoms in total. The van der Waals surface area contributed by atoms with Crippen LogP contribution in [0.3, 0.4) is 0 Å². The van der Waals surface area contributed by atoms with Gasteiger partial charge in [-0.2, -0.15) is 5.26 Å². The van der Waals surface area contributed by atoms with Crippen molar-refractivity contribution in [1.29, 1.82) is 5.26 Å². The zero-order chi connectivity index (χ0) is 6.41. The predicted octanol–water partition coefficient (Wildman–Crippen LogP) is 0.138. The Morgan fingerprint density at radius 1 is 1.75 bits per heavy atom. The minimum atomic E-state index is 0.815. The van der Waals surface area contributed by atoms with Crippen molar-refractivity contribution < 1.29 is 0 Å². The summed E-state index contributed by atoms with van der Waals surface area (Å²) in [7, 11) is 1.74. The van der Waals surface area contributed by atoms with Crippen molar-refractivity contribution in [3.05, 3.63) is 11.8 Å². The second-order valence-electron chi connectivity index (χ2n) is 1.33. The topological polar surface area (TPSA) is 47.8 Å². The molecule has 0 fully saturated rings. The predicted molar refractivity (Wildman–Crippen MR) is 31.6 cm³/mol. The molecule has 0 saturated heterocycles. The first-order valence-electron chi connectivity index (χ1n) is 2.30. The van der Waals surface area contributed by atoms with Crippen LogP contribution in [0.2, 0.25) is 0 Å². The fourth-order valence-electron chi connectivity index (χ4n) is 0.330. The number of rotatable bonds is 2. The normalized spacial score (nSPS) is 10.4. The minimum absolute atomic E-state index is 0.815. The van der Waals surface area contributed by atoms with Gasteiger partial charge in [-0.25, -0.2) is 5.43 Å². The van der Waals surface area contributed by atoms with Crippen LogP contribution in [0.15, 0.2) is 11.8 Å². The lowest BCUT2D eigenvalue weighted by molar-refractivity contribution is 0.690. The molecule has 0 aliphatic rings. The summed E-state index contributed by atoms with van der Waals surface area (Å²) in [5.41, 5.74) is 6.23. The molecule has 3 heteroatoms. The Bertz CT molecular complexity index is 120. The second kappa shape index (κ2) is 4.16. The minimum Gasteiger partial charge on any atom is -0.325 e. The Balaban J connectivity index is 3.49. The van der Waals surface area contributed by atoms with Gasteiger partial charge in [-0.15, -0.1) is 0 Å². The van der Waals surface area contributed by atoms with Crippen molar-refractivity contribution >= 4 is 0 Å². The first-order valence-corrected chi connectivity index (χ1v) is 2.30. The van der Waals surface area contributed by atoms with Crippen molar-refractivity contribution in [2.75, 3.05) is 7.05 Å². The summed E-state index contributed by atoms with van der Waals surface area (Å²) in [6, 6.07) is 1.89. The van der Waals surface area contributed by atoms with Gasteiger partial charge in [0.15, 0.2) is 0 Å². The van der Waals surface area contributed by atoms with E-state index in [1.54, 1.807) is 14.0 Å². The molecule has 0 radical (unpaired) electrons. The van der Waals surface area contributed by atoms with Gasteiger partial charge in [-0.1, -0.05) is 0 Å². The molecule has 0 rings (SSSR count). The largest absolute Gasteiger partial charge is 0.325 e. The van der Waals surface area contributed by atoms with E-state index in [1.165, 1.54) is 6.08 Å². The Morgan fingerprint density at radius 3 is 2.75 bits per heavy atom. The van der Waals surface area contributed by atoms with Crippen molar-refractivity contribution in [3.8, 4) is 6.07 Å². The highest BCUT2D eigenvalue weighted by Gasteiger charge is 1.77. The molecule has 2 N–H and O–H groups in total. The maximum atomic E-state index is 8.07. The molecule has 0 aromatic heterocycles. The first-order chi connectivity index (χ1) is 3.81. The molecule has 0 aliphatic heterocycles. The highest BCUT2D eigenvalue weighted by atomic mass is 15.3. The lowest BCUT2D eigenvalue weighted by Gasteiger charge is -1.98. The summed E-state index contributed by atoms with van der Waals surface area (Å²) in [4.78, 5) is 0. The smallest absolute Gasteiger partial charge is 0.0930 e. The van der Waals surface area contributed by atoms with Gasteiger partial charge >= 0.3 is 0 Å². The Kier molecular flexibility index (Phi) is 3.63. The average Bonchev–Trinajstić information content (AvgIpc) is 1.68. The van der Waals surface area contributed by atoms with Crippen LogP contribution in [0.25, 0.3) is 0 Å². The SMILES string of the molecule is CNNC(C)=CC#N. The van der Waals surface area contributed by atoms with Crippen LogP contribution in [-0.2, 0) is 0 Å². The van der Waals surface area contributed by atoms with Gasteiger partial charge in [0.1, 0.15) is 0 Å². The highest BCUT2D eigenvalue weighted by molar-refractivity contribution is 5.08. The van der Waals surface area contributed by atoms with Crippen LogP contribution in [0, 0.1) is 11.3 Å². The van der Waals surface area contributed by atoms with Crippen molar-refractivity contribution in [1.82, 2.24) is 10.9 Å². The molecule has 0 aromatic carbocycles. The standard InChI is InChI=1S/C5H9N3/c1-5(3-4-6)8-7-2/h3,7-8H,1-2H3. The number of nitriles is 1. The van der Waals surface area contributed by atoms with Crippen LogP contribution in [0.1, 0.15) is 6.92 Å². The zero-order valence-electron chi connectivity index (χ0n) is 5.02. The third kappa shape index (κ3) is 3.19. The number of allylic oxidation sites excluding steroid dienone is 2. The summed E-state index contributed by atoms with van der Waals surface area (Å²) in [5, 5.41) is 8.07. The molecule has 0 aliphatic carbocycles. The van der Waals surface area contributed by atoms with Crippen LogP contribution < -0.4 is 10.9 Å². The number of nitrogens with one attached hydrogen (secondary N) is 2. The van der Waals surface area contributed by atoms with E-state index in [2.05, 4.69) is 10.9 Å². The third-order valence-corrected chi connectivity index (χ3v) is 0.603. The van der Waals surface area contributed by atoms with Crippen LogP contribution in [-0.4, -0.2) is 7.05 Å². The lowest BCUT2D eigenvalue weighted by Crippen LogP contribution is -2.24. The Labute approximate surface area is 49.0 Å². The van der Waals surface area contributed by atoms with Gasteiger partial charge in [-0.05, 0) is 6.92 Å². The van der Waals surface area contributed by atoms with E-state index in [-0.39, 0.29) is 0 Å². The van der Waals surface area contributed by atoms with Gasteiger partial charge in [0.2, 0.25) is 0 Å². The monoisotopic (exact) mass is 111 g/mol. The highest BCUT2D eigenvalue weighted by Crippen LogP contribution is 1.78. The Hall–Kier alpha value is -1.01. The van der Waals surface area contributed by atoms with Crippen molar-refractivity contribution in [2.24, 2.45) is 0 Å². The van der Waals surface area contributed by atoms with Crippen LogP contribution in [0.5, 0.6) is 0 Å². The van der Waals surface area contributed by atoms with Crippen LogP contribution >= 0.6 is 0 Å². The van der Waals surface area contributed by atoms with E-state index >= 15 is 0 Å². The van der Waals surface area contributed by atoms with Crippen molar-refractivity contribution in [3.63, 3.8) is 0 Å². The van der Waals surface area contributed by atoms with E-state index in [0.29, 0.717) is 0 Å². The van der Waals surface area contributed by atoms with Gasteiger partial charge in [0, 0.05) is 18.8 Å². The molecule has 0 atom stereocenters. The van der Waals surface area contributed by atoms with E-state index < -0.39 is 0 Å². The summed E-state index contributed by atoms with van der Waals surface area (Å²) in [6.07, 6.45) is 1.43. The number of nitrogens with zero attached hydrogens (tertiary/aromatic N) is 1. The fourth-order valence-corrected chi connectivity index (χ4v) is 0.330. The van der Waals surface area contributed by atoms with Gasteiger partial charge in [0.05, 0.1) is 6.07 Å². The van der Waals surface area contributed by atoms with Gasteiger partial charge in [-0.3, -0.25) is 0 Å². The molecule has 0 bridgehead atoms. The maximum absolute atomic E-state index is 8.07. The molecule has 0 saturated carbocycles. The molecule has 0 spiro atoms. The Morgan fingerprint density at radius 2 is 2.38 bits per heavy atom. The molecule has 0 heterocycles. The fraction of sp³-hybridized carbons (Fsp3) is 0.400. The molecule has 0 aromatic rings. The van der Waals surface area contributed by atoms with E-state index in [0.717, 1.165) is 5.70 Å².